The summed E-state index contributed by atoms with van der Waals surface area (Å²) in [6.45, 7) is 17.6. The van der Waals surface area contributed by atoms with E-state index in [1.54, 1.807) is 4.90 Å². The molecule has 0 aromatic heterocycles. The SMILES string of the molecule is CC1=[N+](O[Si](C)(C)C(C)(C)C)OC(C)(C)C[C@@H]1c1ccccc1. The van der Waals surface area contributed by atoms with Gasteiger partial charge < -0.3 is 4.53 Å². The predicted molar refractivity (Wildman–Crippen MR) is 98.2 cm³/mol. The zero-order valence-corrected chi connectivity index (χ0v) is 16.9. The molecule has 3 nitrogen and oxygen atoms in total. The zero-order valence-electron chi connectivity index (χ0n) is 15.9. The fourth-order valence-corrected chi connectivity index (χ4v) is 3.45. The second kappa shape index (κ2) is 5.97. The van der Waals surface area contributed by atoms with Crippen LogP contribution in [0.25, 0.3) is 0 Å². The van der Waals surface area contributed by atoms with E-state index in [1.165, 1.54) is 5.56 Å². The van der Waals surface area contributed by atoms with Crippen LogP contribution in [0.15, 0.2) is 30.3 Å². The molecule has 1 heterocycles. The van der Waals surface area contributed by atoms with Crippen LogP contribution in [0.3, 0.4) is 0 Å². The summed E-state index contributed by atoms with van der Waals surface area (Å²) < 4.78 is 6.46. The molecule has 1 aromatic carbocycles. The van der Waals surface area contributed by atoms with E-state index in [9.17, 15) is 0 Å². The molecule has 0 bridgehead atoms. The topological polar surface area (TPSA) is 21.5 Å². The monoisotopic (exact) mass is 334 g/mol. The minimum atomic E-state index is -1.95. The van der Waals surface area contributed by atoms with Gasteiger partial charge in [0.25, 0.3) is 5.71 Å². The van der Waals surface area contributed by atoms with Gasteiger partial charge in [0.2, 0.25) is 0 Å². The Hall–Kier alpha value is -1.29. The first-order valence-corrected chi connectivity index (χ1v) is 11.4. The van der Waals surface area contributed by atoms with Crippen molar-refractivity contribution in [3.05, 3.63) is 35.9 Å². The molecular weight excluding hydrogens is 302 g/mol. The van der Waals surface area contributed by atoms with Gasteiger partial charge in [0.1, 0.15) is 0 Å². The molecule has 0 aliphatic carbocycles. The molecule has 0 spiro atoms. The average molecular weight is 335 g/mol. The summed E-state index contributed by atoms with van der Waals surface area (Å²) in [4.78, 5) is 7.91. The summed E-state index contributed by atoms with van der Waals surface area (Å²) in [5.41, 5.74) is 2.22. The van der Waals surface area contributed by atoms with Gasteiger partial charge in [-0.1, -0.05) is 51.1 Å². The Labute approximate surface area is 142 Å². The third-order valence-electron chi connectivity index (χ3n) is 5.14. The summed E-state index contributed by atoms with van der Waals surface area (Å²) in [6.07, 6.45) is 0.959. The van der Waals surface area contributed by atoms with Crippen molar-refractivity contribution in [2.24, 2.45) is 0 Å². The van der Waals surface area contributed by atoms with Crippen molar-refractivity contribution in [1.29, 1.82) is 0 Å². The first-order chi connectivity index (χ1) is 10.4. The minimum Gasteiger partial charge on any atom is -0.305 e. The highest BCUT2D eigenvalue weighted by Crippen LogP contribution is 2.39. The standard InChI is InChI=1S/C19H32NO2Si/c1-15-17(16-12-10-9-11-13-16)14-19(5,6)21-20(15)22-23(7,8)18(2,3)4/h9-13,17H,14H2,1-8H3/q+1/t17-/m0/s1. The van der Waals surface area contributed by atoms with Gasteiger partial charge in [0, 0.05) is 13.3 Å². The smallest absolute Gasteiger partial charge is 0.305 e. The van der Waals surface area contributed by atoms with Crippen molar-refractivity contribution in [3.8, 4) is 0 Å². The second-order valence-electron chi connectivity index (χ2n) is 8.77. The molecule has 0 fully saturated rings. The number of hydrogen-bond donors (Lipinski definition) is 0. The normalized spacial score (nSPS) is 21.8. The minimum absolute atomic E-state index is 0.139. The Bertz CT molecular complexity index is 585. The molecule has 4 heteroatoms. The van der Waals surface area contributed by atoms with Crippen molar-refractivity contribution >= 4 is 14.0 Å². The van der Waals surface area contributed by atoms with Crippen LogP contribution in [0.5, 0.6) is 0 Å². The first kappa shape index (κ1) is 18.1. The Morgan fingerprint density at radius 2 is 1.74 bits per heavy atom. The fourth-order valence-electron chi connectivity index (χ4n) is 2.58. The lowest BCUT2D eigenvalue weighted by Crippen LogP contribution is -2.50. The van der Waals surface area contributed by atoms with Gasteiger partial charge in [0.05, 0.1) is 5.92 Å². The van der Waals surface area contributed by atoms with E-state index in [1.807, 2.05) is 0 Å². The Morgan fingerprint density at radius 3 is 2.26 bits per heavy atom. The van der Waals surface area contributed by atoms with E-state index in [-0.39, 0.29) is 10.6 Å². The molecule has 1 aromatic rings. The van der Waals surface area contributed by atoms with Gasteiger partial charge in [-0.15, -0.1) is 0 Å². The maximum absolute atomic E-state index is 6.46. The molecule has 0 saturated heterocycles. The highest BCUT2D eigenvalue weighted by atomic mass is 28.4. The molecule has 23 heavy (non-hydrogen) atoms. The molecule has 1 atom stereocenters. The van der Waals surface area contributed by atoms with Crippen molar-refractivity contribution < 1.29 is 14.3 Å². The molecule has 2 rings (SSSR count). The molecule has 1 aliphatic heterocycles. The molecule has 128 valence electrons. The Morgan fingerprint density at radius 1 is 1.17 bits per heavy atom. The van der Waals surface area contributed by atoms with E-state index in [2.05, 4.69) is 85.0 Å². The van der Waals surface area contributed by atoms with Gasteiger partial charge in [-0.05, 0) is 37.5 Å². The van der Waals surface area contributed by atoms with Crippen molar-refractivity contribution in [2.75, 3.05) is 0 Å². The highest BCUT2D eigenvalue weighted by Gasteiger charge is 2.50. The van der Waals surface area contributed by atoms with Gasteiger partial charge in [-0.2, -0.15) is 0 Å². The van der Waals surface area contributed by atoms with E-state index in [0.717, 1.165) is 12.1 Å². The molecule has 0 radical (unpaired) electrons. The molecule has 1 aliphatic rings. The van der Waals surface area contributed by atoms with Crippen molar-refractivity contribution in [3.63, 3.8) is 0 Å². The van der Waals surface area contributed by atoms with Gasteiger partial charge >= 0.3 is 8.32 Å². The molecule has 0 unspecified atom stereocenters. The zero-order chi connectivity index (χ0) is 17.5. The number of nitrogens with zero attached hydrogens (tertiary/aromatic N) is 1. The average Bonchev–Trinajstić information content (AvgIpc) is 2.41. The summed E-state index contributed by atoms with van der Waals surface area (Å²) in [5.74, 6) is 0.324. The van der Waals surface area contributed by atoms with E-state index < -0.39 is 8.32 Å². The number of hydrogen-bond acceptors (Lipinski definition) is 2. The summed E-state index contributed by atoms with van der Waals surface area (Å²) in [5, 5.41) is 0.139. The molecule has 0 amide bonds. The lowest BCUT2D eigenvalue weighted by Gasteiger charge is -2.35. The maximum Gasteiger partial charge on any atom is 0.351 e. The van der Waals surface area contributed by atoms with Crippen LogP contribution in [-0.4, -0.2) is 24.5 Å². The largest absolute Gasteiger partial charge is 0.351 e. The molecular formula is C19H32NO2Si+. The highest BCUT2D eigenvalue weighted by molar-refractivity contribution is 6.73. The van der Waals surface area contributed by atoms with Crippen LogP contribution in [0.2, 0.25) is 18.1 Å². The maximum atomic E-state index is 6.46. The first-order valence-electron chi connectivity index (χ1n) is 8.50. The second-order valence-corrected chi connectivity index (χ2v) is 13.5. The number of rotatable bonds is 3. The third kappa shape index (κ3) is 3.97. The van der Waals surface area contributed by atoms with Crippen molar-refractivity contribution in [2.45, 2.75) is 77.6 Å². The van der Waals surface area contributed by atoms with E-state index >= 15 is 0 Å². The van der Waals surface area contributed by atoms with Crippen LogP contribution in [-0.2, 0) is 9.36 Å². The Balaban J connectivity index is 2.40. The summed E-state index contributed by atoms with van der Waals surface area (Å²) in [7, 11) is -1.95. The lowest BCUT2D eigenvalue weighted by molar-refractivity contribution is -0.962. The predicted octanol–water partition coefficient (Wildman–Crippen LogP) is 5.29. The van der Waals surface area contributed by atoms with Gasteiger partial charge in [-0.25, -0.2) is 4.84 Å². The van der Waals surface area contributed by atoms with Crippen molar-refractivity contribution in [1.82, 2.24) is 0 Å². The van der Waals surface area contributed by atoms with Crippen LogP contribution < -0.4 is 0 Å². The summed E-state index contributed by atoms with van der Waals surface area (Å²) >= 11 is 0. The van der Waals surface area contributed by atoms with E-state index in [4.69, 9.17) is 9.36 Å². The van der Waals surface area contributed by atoms with Crippen LogP contribution in [0.1, 0.15) is 59.4 Å². The number of benzene rings is 1. The molecule has 0 saturated carbocycles. The van der Waals surface area contributed by atoms with Crippen LogP contribution in [0.4, 0.5) is 0 Å². The van der Waals surface area contributed by atoms with Gasteiger partial charge in [-0.3, -0.25) is 0 Å². The van der Waals surface area contributed by atoms with Gasteiger partial charge in [0.15, 0.2) is 10.5 Å². The Kier molecular flexibility index (Phi) is 4.68. The fraction of sp³-hybridized carbons (Fsp3) is 0.632. The summed E-state index contributed by atoms with van der Waals surface area (Å²) in [6, 6.07) is 10.7. The van der Waals surface area contributed by atoms with Crippen LogP contribution in [0, 0.1) is 0 Å². The van der Waals surface area contributed by atoms with E-state index in [0.29, 0.717) is 5.92 Å². The lowest BCUT2D eigenvalue weighted by atomic mass is 9.84. The third-order valence-corrected chi connectivity index (χ3v) is 9.37. The molecule has 0 N–H and O–H groups in total. The quantitative estimate of drug-likeness (QED) is 0.700. The van der Waals surface area contributed by atoms with Crippen LogP contribution >= 0.6 is 0 Å².